The molecule has 102 valence electrons. The number of aromatic amines is 1. The van der Waals surface area contributed by atoms with Gasteiger partial charge in [0.15, 0.2) is 0 Å². The van der Waals surface area contributed by atoms with Crippen LogP contribution >= 0.6 is 11.6 Å². The van der Waals surface area contributed by atoms with Crippen molar-refractivity contribution in [1.82, 2.24) is 14.5 Å². The zero-order chi connectivity index (χ0) is 14.0. The molecule has 0 fully saturated rings. The van der Waals surface area contributed by atoms with Gasteiger partial charge in [0.25, 0.3) is 0 Å². The van der Waals surface area contributed by atoms with E-state index in [1.165, 1.54) is 19.3 Å². The summed E-state index contributed by atoms with van der Waals surface area (Å²) in [6, 6.07) is 3.31. The van der Waals surface area contributed by atoms with Gasteiger partial charge in [0, 0.05) is 25.4 Å². The minimum Gasteiger partial charge on any atom is -0.285 e. The monoisotopic (exact) mass is 303 g/mol. The molecule has 0 radical (unpaired) electrons. The zero-order valence-electron chi connectivity index (χ0n) is 9.97. The Morgan fingerprint density at radius 3 is 2.79 bits per heavy atom. The molecule has 0 aliphatic carbocycles. The van der Waals surface area contributed by atoms with Gasteiger partial charge in [-0.2, -0.15) is 9.40 Å². The summed E-state index contributed by atoms with van der Waals surface area (Å²) >= 11 is 5.59. The first kappa shape index (κ1) is 14.0. The number of benzene rings is 1. The van der Waals surface area contributed by atoms with Crippen molar-refractivity contribution in [2.45, 2.75) is 11.4 Å². The highest BCUT2D eigenvalue weighted by Crippen LogP contribution is 2.22. The van der Waals surface area contributed by atoms with Crippen LogP contribution in [0.3, 0.4) is 0 Å². The lowest BCUT2D eigenvalue weighted by atomic mass is 10.3. The summed E-state index contributed by atoms with van der Waals surface area (Å²) in [4.78, 5) is -0.0510. The molecule has 0 saturated heterocycles. The van der Waals surface area contributed by atoms with E-state index in [0.717, 1.165) is 22.0 Å². The van der Waals surface area contributed by atoms with E-state index in [1.54, 1.807) is 6.20 Å². The van der Waals surface area contributed by atoms with Crippen LogP contribution in [-0.2, 0) is 16.6 Å². The van der Waals surface area contributed by atoms with Gasteiger partial charge in [0.1, 0.15) is 5.82 Å². The summed E-state index contributed by atoms with van der Waals surface area (Å²) in [6.45, 7) is 0.161. The minimum atomic E-state index is -3.71. The maximum absolute atomic E-state index is 13.0. The van der Waals surface area contributed by atoms with Gasteiger partial charge in [0.2, 0.25) is 10.0 Å². The first-order valence-electron chi connectivity index (χ1n) is 5.30. The van der Waals surface area contributed by atoms with E-state index in [1.807, 2.05) is 0 Å². The molecule has 19 heavy (non-hydrogen) atoms. The number of nitrogens with zero attached hydrogens (tertiary/aromatic N) is 2. The average molecular weight is 304 g/mol. The fraction of sp³-hybridized carbons (Fsp3) is 0.182. The Kier molecular flexibility index (Phi) is 3.88. The first-order valence-corrected chi connectivity index (χ1v) is 7.12. The van der Waals surface area contributed by atoms with Crippen LogP contribution in [0.25, 0.3) is 0 Å². The van der Waals surface area contributed by atoms with Crippen LogP contribution in [0, 0.1) is 5.82 Å². The quantitative estimate of drug-likeness (QED) is 0.939. The molecular weight excluding hydrogens is 293 g/mol. The van der Waals surface area contributed by atoms with Gasteiger partial charge < -0.3 is 0 Å². The fourth-order valence-corrected chi connectivity index (χ4v) is 2.95. The first-order chi connectivity index (χ1) is 8.91. The number of aromatic nitrogens is 2. The summed E-state index contributed by atoms with van der Waals surface area (Å²) in [7, 11) is -2.28. The summed E-state index contributed by atoms with van der Waals surface area (Å²) in [6.07, 6.45) is 3.13. The van der Waals surface area contributed by atoms with Gasteiger partial charge in [-0.1, -0.05) is 11.6 Å². The number of hydrogen-bond acceptors (Lipinski definition) is 3. The standard InChI is InChI=1S/C11H11ClFN3O2S/c1-16(7-8-5-14-15-6-8)19(17,18)9-2-3-11(13)10(12)4-9/h2-6H,7H2,1H3,(H,14,15). The molecule has 1 N–H and O–H groups in total. The molecule has 5 nitrogen and oxygen atoms in total. The summed E-state index contributed by atoms with van der Waals surface area (Å²) in [5.74, 6) is -0.655. The van der Waals surface area contributed by atoms with E-state index in [-0.39, 0.29) is 16.5 Å². The molecule has 0 aliphatic heterocycles. The van der Waals surface area contributed by atoms with Crippen LogP contribution in [0.2, 0.25) is 5.02 Å². The van der Waals surface area contributed by atoms with E-state index in [0.29, 0.717) is 0 Å². The topological polar surface area (TPSA) is 66.1 Å². The van der Waals surface area contributed by atoms with Crippen LogP contribution < -0.4 is 0 Å². The van der Waals surface area contributed by atoms with Crippen LogP contribution in [0.15, 0.2) is 35.5 Å². The summed E-state index contributed by atoms with van der Waals surface area (Å²) in [5, 5.41) is 6.11. The SMILES string of the molecule is CN(Cc1cn[nH]c1)S(=O)(=O)c1ccc(F)c(Cl)c1. The molecule has 1 heterocycles. The third-order valence-electron chi connectivity index (χ3n) is 2.56. The summed E-state index contributed by atoms with van der Waals surface area (Å²) < 4.78 is 38.7. The molecule has 0 bridgehead atoms. The minimum absolute atomic E-state index is 0.0510. The molecule has 0 amide bonds. The molecule has 8 heteroatoms. The van der Waals surface area contributed by atoms with Crippen LogP contribution in [0.1, 0.15) is 5.56 Å². The van der Waals surface area contributed by atoms with Crippen LogP contribution in [0.5, 0.6) is 0 Å². The van der Waals surface area contributed by atoms with Crippen molar-refractivity contribution < 1.29 is 12.8 Å². The highest BCUT2D eigenvalue weighted by atomic mass is 35.5. The molecule has 0 saturated carbocycles. The van der Waals surface area contributed by atoms with E-state index >= 15 is 0 Å². The molecule has 0 spiro atoms. The lowest BCUT2D eigenvalue weighted by Gasteiger charge is -2.16. The maximum atomic E-state index is 13.0. The van der Waals surface area contributed by atoms with Crippen molar-refractivity contribution in [2.24, 2.45) is 0 Å². The van der Waals surface area contributed by atoms with Gasteiger partial charge in [0.05, 0.1) is 16.1 Å². The van der Waals surface area contributed by atoms with Crippen LogP contribution in [0.4, 0.5) is 4.39 Å². The Morgan fingerprint density at radius 2 is 2.21 bits per heavy atom. The number of sulfonamides is 1. The average Bonchev–Trinajstić information content (AvgIpc) is 2.85. The molecule has 0 aliphatic rings. The Balaban J connectivity index is 2.28. The molecule has 0 atom stereocenters. The lowest BCUT2D eigenvalue weighted by Crippen LogP contribution is -2.26. The van der Waals surface area contributed by atoms with E-state index < -0.39 is 15.8 Å². The number of nitrogens with one attached hydrogen (secondary N) is 1. The Hall–Kier alpha value is -1.44. The normalized spacial score (nSPS) is 12.0. The van der Waals surface area contributed by atoms with Crippen molar-refractivity contribution in [3.05, 3.63) is 47.0 Å². The van der Waals surface area contributed by atoms with Gasteiger partial charge in [-0.25, -0.2) is 12.8 Å². The van der Waals surface area contributed by atoms with E-state index in [9.17, 15) is 12.8 Å². The van der Waals surface area contributed by atoms with Gasteiger partial charge in [-0.3, -0.25) is 5.10 Å². The fourth-order valence-electron chi connectivity index (χ4n) is 1.52. The molecule has 1 aromatic heterocycles. The van der Waals surface area contributed by atoms with Crippen LogP contribution in [-0.4, -0.2) is 30.0 Å². The molecule has 1 aromatic carbocycles. The zero-order valence-corrected chi connectivity index (χ0v) is 11.5. The van der Waals surface area contributed by atoms with Gasteiger partial charge >= 0.3 is 0 Å². The Labute approximate surface area is 115 Å². The van der Waals surface area contributed by atoms with Gasteiger partial charge in [-0.15, -0.1) is 0 Å². The third kappa shape index (κ3) is 2.94. The Morgan fingerprint density at radius 1 is 1.47 bits per heavy atom. The number of rotatable bonds is 4. The number of hydrogen-bond donors (Lipinski definition) is 1. The second kappa shape index (κ2) is 5.28. The molecular formula is C11H11ClFN3O2S. The molecule has 2 rings (SSSR count). The highest BCUT2D eigenvalue weighted by molar-refractivity contribution is 7.89. The van der Waals surface area contributed by atoms with Crippen molar-refractivity contribution >= 4 is 21.6 Å². The maximum Gasteiger partial charge on any atom is 0.243 e. The van der Waals surface area contributed by atoms with Crippen molar-refractivity contribution in [3.63, 3.8) is 0 Å². The number of H-pyrrole nitrogens is 1. The van der Waals surface area contributed by atoms with Crippen molar-refractivity contribution in [1.29, 1.82) is 0 Å². The highest BCUT2D eigenvalue weighted by Gasteiger charge is 2.22. The second-order valence-electron chi connectivity index (χ2n) is 3.94. The predicted molar refractivity (Wildman–Crippen MR) is 68.7 cm³/mol. The predicted octanol–water partition coefficient (Wildman–Crippen LogP) is 2.02. The lowest BCUT2D eigenvalue weighted by molar-refractivity contribution is 0.466. The number of halogens is 2. The molecule has 0 unspecified atom stereocenters. The van der Waals surface area contributed by atoms with E-state index in [4.69, 9.17) is 11.6 Å². The van der Waals surface area contributed by atoms with Gasteiger partial charge in [-0.05, 0) is 18.2 Å². The second-order valence-corrected chi connectivity index (χ2v) is 6.40. The summed E-state index contributed by atoms with van der Waals surface area (Å²) in [5.41, 5.74) is 0.722. The van der Waals surface area contributed by atoms with Crippen molar-refractivity contribution in [2.75, 3.05) is 7.05 Å². The Bertz CT molecular complexity index is 673. The molecule has 2 aromatic rings. The smallest absolute Gasteiger partial charge is 0.243 e. The van der Waals surface area contributed by atoms with E-state index in [2.05, 4.69) is 10.2 Å². The van der Waals surface area contributed by atoms with Crippen molar-refractivity contribution in [3.8, 4) is 0 Å². The third-order valence-corrected chi connectivity index (χ3v) is 4.65. The largest absolute Gasteiger partial charge is 0.285 e.